The number of hydrogen-bond donors (Lipinski definition) is 2. The second kappa shape index (κ2) is 8.07. The van der Waals surface area contributed by atoms with E-state index in [2.05, 4.69) is 15.3 Å². The van der Waals surface area contributed by atoms with Crippen molar-refractivity contribution in [3.05, 3.63) is 65.4 Å². The van der Waals surface area contributed by atoms with Crippen LogP contribution in [0.3, 0.4) is 0 Å². The number of nitrogens with two attached hydrogens (primary N) is 1. The maximum atomic E-state index is 11.9. The van der Waals surface area contributed by atoms with Gasteiger partial charge in [0.15, 0.2) is 5.82 Å². The van der Waals surface area contributed by atoms with Gasteiger partial charge in [0, 0.05) is 9.92 Å². The minimum absolute atomic E-state index is 0.382. The lowest BCUT2D eigenvalue weighted by Gasteiger charge is -2.13. The summed E-state index contributed by atoms with van der Waals surface area (Å²) in [5.74, 6) is -0.0377. The smallest absolute Gasteiger partial charge is 0.339 e. The molecule has 0 amide bonds. The second-order valence-electron chi connectivity index (χ2n) is 5.16. The summed E-state index contributed by atoms with van der Waals surface area (Å²) in [7, 11) is 1.33. The van der Waals surface area contributed by atoms with E-state index in [0.29, 0.717) is 32.8 Å². The largest absolute Gasteiger partial charge is 0.465 e. The summed E-state index contributed by atoms with van der Waals surface area (Å²) in [5.41, 5.74) is 7.54. The molecule has 3 rings (SSSR count). The van der Waals surface area contributed by atoms with Crippen LogP contribution in [0.25, 0.3) is 0 Å². The van der Waals surface area contributed by atoms with E-state index in [9.17, 15) is 4.79 Å². The topological polar surface area (TPSA) is 90.1 Å². The maximum absolute atomic E-state index is 11.9. The molecule has 0 fully saturated rings. The molecule has 0 unspecified atom stereocenters. The van der Waals surface area contributed by atoms with Gasteiger partial charge in [-0.1, -0.05) is 35.5 Å². The van der Waals surface area contributed by atoms with Crippen LogP contribution in [0.5, 0.6) is 0 Å². The molecule has 3 aromatic rings. The van der Waals surface area contributed by atoms with Crippen LogP contribution in [0.15, 0.2) is 64.8 Å². The van der Waals surface area contributed by atoms with Crippen LogP contribution in [0.2, 0.25) is 5.02 Å². The fourth-order valence-corrected chi connectivity index (χ4v) is 3.11. The standard InChI is InChI=1S/C18H15ClN4O2S/c1-25-18(24)13-4-2-3-5-14(13)23-16-15(20)17(22-10-21-16)26-12-8-6-11(19)7-9-12/h2-10H,20H2,1H3,(H,21,22,23). The van der Waals surface area contributed by atoms with E-state index in [1.807, 2.05) is 12.1 Å². The summed E-state index contributed by atoms with van der Waals surface area (Å²) >= 11 is 7.30. The number of benzene rings is 2. The lowest BCUT2D eigenvalue weighted by Crippen LogP contribution is -2.08. The quantitative estimate of drug-likeness (QED) is 0.496. The molecule has 6 nitrogen and oxygen atoms in total. The zero-order valence-electron chi connectivity index (χ0n) is 13.8. The highest BCUT2D eigenvalue weighted by molar-refractivity contribution is 7.99. The summed E-state index contributed by atoms with van der Waals surface area (Å²) in [6, 6.07) is 14.3. The van der Waals surface area contributed by atoms with E-state index in [1.54, 1.807) is 36.4 Å². The molecular weight excluding hydrogens is 372 g/mol. The number of rotatable bonds is 5. The van der Waals surface area contributed by atoms with Gasteiger partial charge < -0.3 is 15.8 Å². The SMILES string of the molecule is COC(=O)c1ccccc1Nc1ncnc(Sc2ccc(Cl)cc2)c1N. The van der Waals surface area contributed by atoms with Gasteiger partial charge in [0.1, 0.15) is 17.0 Å². The fourth-order valence-electron chi connectivity index (χ4n) is 2.18. The highest BCUT2D eigenvalue weighted by Gasteiger charge is 2.15. The number of anilines is 3. The molecule has 8 heteroatoms. The first kappa shape index (κ1) is 18.0. The average molecular weight is 387 g/mol. The Hall–Kier alpha value is -2.77. The van der Waals surface area contributed by atoms with Crippen molar-refractivity contribution in [3.8, 4) is 0 Å². The van der Waals surface area contributed by atoms with Crippen LogP contribution in [-0.2, 0) is 4.74 Å². The average Bonchev–Trinajstić information content (AvgIpc) is 2.66. The highest BCUT2D eigenvalue weighted by Crippen LogP contribution is 2.34. The van der Waals surface area contributed by atoms with Gasteiger partial charge in [0.05, 0.1) is 18.4 Å². The number of carbonyl (C=O) groups is 1. The van der Waals surface area contributed by atoms with Crippen molar-refractivity contribution < 1.29 is 9.53 Å². The molecule has 0 aliphatic rings. The molecule has 1 heterocycles. The predicted molar refractivity (Wildman–Crippen MR) is 103 cm³/mol. The van der Waals surface area contributed by atoms with Crippen molar-refractivity contribution >= 4 is 46.5 Å². The van der Waals surface area contributed by atoms with Crippen LogP contribution in [0, 0.1) is 0 Å². The fraction of sp³-hybridized carbons (Fsp3) is 0.0556. The number of nitrogens with one attached hydrogen (secondary N) is 1. The molecule has 0 bridgehead atoms. The Labute approximate surface area is 159 Å². The molecule has 0 spiro atoms. The molecule has 26 heavy (non-hydrogen) atoms. The summed E-state index contributed by atoms with van der Waals surface area (Å²) in [4.78, 5) is 21.3. The Morgan fingerprint density at radius 3 is 2.62 bits per heavy atom. The van der Waals surface area contributed by atoms with Gasteiger partial charge in [-0.3, -0.25) is 0 Å². The molecule has 0 aliphatic carbocycles. The number of nitrogen functional groups attached to an aromatic ring is 1. The van der Waals surface area contributed by atoms with Gasteiger partial charge >= 0.3 is 5.97 Å². The molecule has 0 saturated carbocycles. The number of halogens is 1. The number of esters is 1. The number of carbonyl (C=O) groups excluding carboxylic acids is 1. The van der Waals surface area contributed by atoms with E-state index in [-0.39, 0.29) is 0 Å². The minimum atomic E-state index is -0.448. The monoisotopic (exact) mass is 386 g/mol. The summed E-state index contributed by atoms with van der Waals surface area (Å²) in [6.45, 7) is 0. The Bertz CT molecular complexity index is 935. The summed E-state index contributed by atoms with van der Waals surface area (Å²) in [6.07, 6.45) is 1.41. The van der Waals surface area contributed by atoms with Gasteiger partial charge in [-0.25, -0.2) is 14.8 Å². The zero-order valence-corrected chi connectivity index (χ0v) is 15.3. The van der Waals surface area contributed by atoms with Gasteiger partial charge in [0.2, 0.25) is 0 Å². The van der Waals surface area contributed by atoms with Crippen molar-refractivity contribution in [1.29, 1.82) is 0 Å². The number of nitrogens with zero attached hydrogens (tertiary/aromatic N) is 2. The van der Waals surface area contributed by atoms with Gasteiger partial charge in [0.25, 0.3) is 0 Å². The molecular formula is C18H15ClN4O2S. The highest BCUT2D eigenvalue weighted by atomic mass is 35.5. The van der Waals surface area contributed by atoms with E-state index in [0.717, 1.165) is 4.90 Å². The van der Waals surface area contributed by atoms with Gasteiger partial charge in [-0.15, -0.1) is 0 Å². The normalized spacial score (nSPS) is 10.4. The third kappa shape index (κ3) is 4.07. The van der Waals surface area contributed by atoms with Gasteiger partial charge in [-0.2, -0.15) is 0 Å². The predicted octanol–water partition coefficient (Wildman–Crippen LogP) is 4.39. The number of methoxy groups -OCH3 is 1. The number of hydrogen-bond acceptors (Lipinski definition) is 7. The Morgan fingerprint density at radius 1 is 1.15 bits per heavy atom. The zero-order chi connectivity index (χ0) is 18.5. The molecule has 3 N–H and O–H groups in total. The first-order chi connectivity index (χ1) is 12.6. The van der Waals surface area contributed by atoms with Crippen LogP contribution in [0.4, 0.5) is 17.2 Å². The van der Waals surface area contributed by atoms with Crippen molar-refractivity contribution in [2.45, 2.75) is 9.92 Å². The van der Waals surface area contributed by atoms with Crippen molar-refractivity contribution in [3.63, 3.8) is 0 Å². The van der Waals surface area contributed by atoms with Crippen molar-refractivity contribution in [2.75, 3.05) is 18.2 Å². The third-order valence-electron chi connectivity index (χ3n) is 3.46. The lowest BCUT2D eigenvalue weighted by molar-refractivity contribution is 0.0602. The molecule has 0 atom stereocenters. The van der Waals surface area contributed by atoms with Crippen molar-refractivity contribution in [2.24, 2.45) is 0 Å². The minimum Gasteiger partial charge on any atom is -0.465 e. The molecule has 0 aliphatic heterocycles. The molecule has 132 valence electrons. The Balaban J connectivity index is 1.88. The van der Waals surface area contributed by atoms with Crippen molar-refractivity contribution in [1.82, 2.24) is 9.97 Å². The maximum Gasteiger partial charge on any atom is 0.339 e. The Kier molecular flexibility index (Phi) is 5.60. The van der Waals surface area contributed by atoms with Crippen LogP contribution < -0.4 is 11.1 Å². The van der Waals surface area contributed by atoms with Crippen LogP contribution in [-0.4, -0.2) is 23.0 Å². The summed E-state index contributed by atoms with van der Waals surface area (Å²) in [5, 5.41) is 4.34. The van der Waals surface area contributed by atoms with Crippen LogP contribution >= 0.6 is 23.4 Å². The first-order valence-electron chi connectivity index (χ1n) is 7.56. The van der Waals surface area contributed by atoms with E-state index in [1.165, 1.54) is 25.2 Å². The molecule has 2 aromatic carbocycles. The lowest BCUT2D eigenvalue weighted by atomic mass is 10.2. The number of aromatic nitrogens is 2. The summed E-state index contributed by atoms with van der Waals surface area (Å²) < 4.78 is 4.80. The molecule has 0 saturated heterocycles. The first-order valence-corrected chi connectivity index (χ1v) is 8.76. The molecule has 1 aromatic heterocycles. The second-order valence-corrected chi connectivity index (χ2v) is 6.66. The van der Waals surface area contributed by atoms with E-state index < -0.39 is 5.97 Å². The third-order valence-corrected chi connectivity index (χ3v) is 4.74. The van der Waals surface area contributed by atoms with E-state index in [4.69, 9.17) is 22.1 Å². The molecule has 0 radical (unpaired) electrons. The number of para-hydroxylation sites is 1. The van der Waals surface area contributed by atoms with Gasteiger partial charge in [-0.05, 0) is 36.4 Å². The Morgan fingerprint density at radius 2 is 1.88 bits per heavy atom. The number of ether oxygens (including phenoxy) is 1. The van der Waals surface area contributed by atoms with Crippen LogP contribution in [0.1, 0.15) is 10.4 Å². The van der Waals surface area contributed by atoms with E-state index >= 15 is 0 Å².